The molecule has 0 spiro atoms. The Kier molecular flexibility index (Phi) is 6.56. The third-order valence-corrected chi connectivity index (χ3v) is 1.84. The first-order chi connectivity index (χ1) is 9.30. The van der Waals surface area contributed by atoms with Crippen LogP contribution < -0.4 is 16.1 Å². The first kappa shape index (κ1) is 14.6. The zero-order chi connectivity index (χ0) is 13.9. The Balaban J connectivity index is 2.76. The molecule has 1 aromatic rings. The van der Waals surface area contributed by atoms with E-state index in [1.807, 2.05) is 6.92 Å². The summed E-state index contributed by atoms with van der Waals surface area (Å²) in [5, 5.41) is 5.92. The third kappa shape index (κ3) is 5.57. The molecule has 1 heterocycles. The average Bonchev–Trinajstić information content (AvgIpc) is 2.43. The highest BCUT2D eigenvalue weighted by Crippen LogP contribution is 2.09. The van der Waals surface area contributed by atoms with Crippen LogP contribution in [0.1, 0.15) is 13.3 Å². The van der Waals surface area contributed by atoms with Crippen LogP contribution >= 0.6 is 0 Å². The molecule has 0 radical (unpaired) electrons. The standard InChI is InChI=1S/C12H16N6O/c1-4-7-13-10-15-11(14-8-5-2)17-12(16-10)18-19-9-6-3/h1,3H,5,7-9H2,2H3,(H3,13,14,15,16,17,18). The van der Waals surface area contributed by atoms with Gasteiger partial charge in [-0.05, 0) is 6.42 Å². The van der Waals surface area contributed by atoms with Crippen molar-refractivity contribution in [3.63, 3.8) is 0 Å². The number of terminal acetylenes is 2. The summed E-state index contributed by atoms with van der Waals surface area (Å²) in [4.78, 5) is 17.3. The van der Waals surface area contributed by atoms with Gasteiger partial charge in [-0.2, -0.15) is 15.0 Å². The highest BCUT2D eigenvalue weighted by Gasteiger charge is 2.05. The summed E-state index contributed by atoms with van der Waals surface area (Å²) in [6, 6.07) is 0. The summed E-state index contributed by atoms with van der Waals surface area (Å²) in [6.07, 6.45) is 11.2. The van der Waals surface area contributed by atoms with E-state index in [1.165, 1.54) is 0 Å². The van der Waals surface area contributed by atoms with E-state index in [2.05, 4.69) is 42.9 Å². The predicted octanol–water partition coefficient (Wildman–Crippen LogP) is 0.715. The summed E-state index contributed by atoms with van der Waals surface area (Å²) in [5.41, 5.74) is 2.54. The van der Waals surface area contributed by atoms with Crippen LogP contribution in [0.15, 0.2) is 0 Å². The summed E-state index contributed by atoms with van der Waals surface area (Å²) < 4.78 is 0. The van der Waals surface area contributed by atoms with Gasteiger partial charge in [0.25, 0.3) is 5.95 Å². The van der Waals surface area contributed by atoms with Gasteiger partial charge in [-0.25, -0.2) is 5.48 Å². The smallest absolute Gasteiger partial charge is 0.253 e. The average molecular weight is 260 g/mol. The first-order valence-corrected chi connectivity index (χ1v) is 5.78. The van der Waals surface area contributed by atoms with Gasteiger partial charge in [0.15, 0.2) is 0 Å². The van der Waals surface area contributed by atoms with Gasteiger partial charge >= 0.3 is 0 Å². The predicted molar refractivity (Wildman–Crippen MR) is 74.3 cm³/mol. The normalized spacial score (nSPS) is 9.21. The number of aromatic nitrogens is 3. The highest BCUT2D eigenvalue weighted by molar-refractivity contribution is 5.41. The van der Waals surface area contributed by atoms with Crippen molar-refractivity contribution in [3.05, 3.63) is 0 Å². The quantitative estimate of drug-likeness (QED) is 0.361. The fourth-order valence-electron chi connectivity index (χ4n) is 1.09. The molecule has 1 rings (SSSR count). The third-order valence-electron chi connectivity index (χ3n) is 1.84. The van der Waals surface area contributed by atoms with Crippen molar-refractivity contribution in [2.75, 3.05) is 35.8 Å². The van der Waals surface area contributed by atoms with Crippen molar-refractivity contribution >= 4 is 17.8 Å². The van der Waals surface area contributed by atoms with E-state index in [-0.39, 0.29) is 12.6 Å². The molecule has 0 aromatic carbocycles. The van der Waals surface area contributed by atoms with Crippen LogP contribution in [0.2, 0.25) is 0 Å². The largest absolute Gasteiger partial charge is 0.354 e. The maximum absolute atomic E-state index is 5.17. The Morgan fingerprint density at radius 1 is 1.05 bits per heavy atom. The van der Waals surface area contributed by atoms with Gasteiger partial charge in [0.1, 0.15) is 6.61 Å². The Morgan fingerprint density at radius 2 is 1.74 bits per heavy atom. The van der Waals surface area contributed by atoms with Crippen LogP contribution in [0, 0.1) is 24.7 Å². The summed E-state index contributed by atoms with van der Waals surface area (Å²) in [5.74, 6) is 5.81. The molecule has 0 amide bonds. The van der Waals surface area contributed by atoms with Crippen LogP contribution in [-0.2, 0) is 4.84 Å². The summed E-state index contributed by atoms with van der Waals surface area (Å²) >= 11 is 0. The fourth-order valence-corrected chi connectivity index (χ4v) is 1.09. The number of hydrogen-bond donors (Lipinski definition) is 3. The second-order valence-electron chi connectivity index (χ2n) is 3.39. The molecule has 3 N–H and O–H groups in total. The van der Waals surface area contributed by atoms with E-state index in [0.717, 1.165) is 13.0 Å². The van der Waals surface area contributed by atoms with Gasteiger partial charge in [0.05, 0.1) is 6.54 Å². The molecule has 0 atom stereocenters. The van der Waals surface area contributed by atoms with Gasteiger partial charge in [0.2, 0.25) is 11.9 Å². The molecule has 0 aliphatic carbocycles. The van der Waals surface area contributed by atoms with Crippen LogP contribution in [0.5, 0.6) is 0 Å². The lowest BCUT2D eigenvalue weighted by atomic mass is 10.5. The van der Waals surface area contributed by atoms with E-state index in [4.69, 9.17) is 17.7 Å². The minimum Gasteiger partial charge on any atom is -0.354 e. The SMILES string of the molecule is C#CCNc1nc(NCCC)nc(NOCC#C)n1. The Morgan fingerprint density at radius 3 is 2.37 bits per heavy atom. The molecular weight excluding hydrogens is 244 g/mol. The zero-order valence-electron chi connectivity index (χ0n) is 10.7. The van der Waals surface area contributed by atoms with Gasteiger partial charge < -0.3 is 10.6 Å². The number of anilines is 3. The minimum atomic E-state index is 0.108. The Bertz CT molecular complexity index is 476. The molecule has 0 unspecified atom stereocenters. The highest BCUT2D eigenvalue weighted by atomic mass is 16.6. The van der Waals surface area contributed by atoms with Crippen molar-refractivity contribution in [2.45, 2.75) is 13.3 Å². The van der Waals surface area contributed by atoms with Crippen molar-refractivity contribution in [1.82, 2.24) is 15.0 Å². The maximum atomic E-state index is 5.17. The second kappa shape index (κ2) is 8.56. The van der Waals surface area contributed by atoms with E-state index in [9.17, 15) is 0 Å². The van der Waals surface area contributed by atoms with Crippen molar-refractivity contribution in [1.29, 1.82) is 0 Å². The van der Waals surface area contributed by atoms with Crippen LogP contribution in [0.25, 0.3) is 0 Å². The lowest BCUT2D eigenvalue weighted by molar-refractivity contribution is 0.230. The summed E-state index contributed by atoms with van der Waals surface area (Å²) in [6.45, 7) is 3.22. The molecule has 0 saturated heterocycles. The van der Waals surface area contributed by atoms with E-state index in [0.29, 0.717) is 18.4 Å². The molecule has 0 aliphatic rings. The van der Waals surface area contributed by atoms with Crippen molar-refractivity contribution < 1.29 is 4.84 Å². The molecule has 0 fully saturated rings. The second-order valence-corrected chi connectivity index (χ2v) is 3.39. The van der Waals surface area contributed by atoms with Crippen molar-refractivity contribution in [3.8, 4) is 24.7 Å². The maximum Gasteiger partial charge on any atom is 0.253 e. The lowest BCUT2D eigenvalue weighted by Crippen LogP contribution is -2.13. The van der Waals surface area contributed by atoms with E-state index >= 15 is 0 Å². The van der Waals surface area contributed by atoms with Gasteiger partial charge in [-0.15, -0.1) is 12.8 Å². The number of rotatable bonds is 8. The molecule has 19 heavy (non-hydrogen) atoms. The molecule has 0 aliphatic heterocycles. The lowest BCUT2D eigenvalue weighted by Gasteiger charge is -2.09. The molecule has 0 bridgehead atoms. The first-order valence-electron chi connectivity index (χ1n) is 5.78. The molecule has 1 aromatic heterocycles. The van der Waals surface area contributed by atoms with E-state index in [1.54, 1.807) is 0 Å². The minimum absolute atomic E-state index is 0.108. The molecule has 7 nitrogen and oxygen atoms in total. The molecule has 7 heteroatoms. The molecule has 0 saturated carbocycles. The van der Waals surface area contributed by atoms with Crippen molar-refractivity contribution in [2.24, 2.45) is 0 Å². The monoisotopic (exact) mass is 260 g/mol. The number of nitrogens with one attached hydrogen (secondary N) is 3. The molecule has 100 valence electrons. The van der Waals surface area contributed by atoms with E-state index < -0.39 is 0 Å². The Hall–Kier alpha value is -2.51. The van der Waals surface area contributed by atoms with Crippen LogP contribution in [-0.4, -0.2) is 34.6 Å². The fraction of sp³-hybridized carbons (Fsp3) is 0.417. The summed E-state index contributed by atoms with van der Waals surface area (Å²) in [7, 11) is 0. The topological polar surface area (TPSA) is 84.0 Å². The van der Waals surface area contributed by atoms with Crippen LogP contribution in [0.4, 0.5) is 17.8 Å². The van der Waals surface area contributed by atoms with Gasteiger partial charge in [0, 0.05) is 6.54 Å². The number of nitrogens with zero attached hydrogens (tertiary/aromatic N) is 3. The van der Waals surface area contributed by atoms with Gasteiger partial charge in [-0.3, -0.25) is 4.84 Å². The zero-order valence-corrected chi connectivity index (χ0v) is 10.7. The molecular formula is C12H16N6O. The van der Waals surface area contributed by atoms with Crippen LogP contribution in [0.3, 0.4) is 0 Å². The number of hydrogen-bond acceptors (Lipinski definition) is 7. The Labute approximate surface area is 112 Å². The van der Waals surface area contributed by atoms with Gasteiger partial charge in [-0.1, -0.05) is 18.8 Å².